The number of hydrogen-bond donors (Lipinski definition) is 2. The number of phenols is 1. The van der Waals surface area contributed by atoms with Gasteiger partial charge >= 0.3 is 0 Å². The van der Waals surface area contributed by atoms with Crippen LogP contribution in [0.5, 0.6) is 5.75 Å². The van der Waals surface area contributed by atoms with E-state index in [2.05, 4.69) is 15.4 Å². The predicted molar refractivity (Wildman–Crippen MR) is 47.3 cm³/mol. The average molecular weight is 175 g/mol. The van der Waals surface area contributed by atoms with Crippen molar-refractivity contribution in [1.82, 2.24) is 15.4 Å². The van der Waals surface area contributed by atoms with Crippen molar-refractivity contribution in [3.05, 3.63) is 41.7 Å². The molecule has 1 aromatic carbocycles. The number of rotatable bonds is 2. The van der Waals surface area contributed by atoms with Gasteiger partial charge in [-0.3, -0.25) is 0 Å². The summed E-state index contributed by atoms with van der Waals surface area (Å²) in [6, 6.07) is 7.05. The first kappa shape index (κ1) is 7.79. The third-order valence-electron chi connectivity index (χ3n) is 1.79. The second-order valence-electron chi connectivity index (χ2n) is 2.80. The van der Waals surface area contributed by atoms with E-state index in [4.69, 9.17) is 5.11 Å². The van der Waals surface area contributed by atoms with Gasteiger partial charge in [-0.1, -0.05) is 12.1 Å². The van der Waals surface area contributed by atoms with Gasteiger partial charge in [0.2, 0.25) is 0 Å². The van der Waals surface area contributed by atoms with Crippen molar-refractivity contribution in [3.63, 3.8) is 0 Å². The molecule has 4 heteroatoms. The molecule has 1 aromatic heterocycles. The summed E-state index contributed by atoms with van der Waals surface area (Å²) in [7, 11) is 0. The first-order valence-corrected chi connectivity index (χ1v) is 3.97. The van der Waals surface area contributed by atoms with Crippen molar-refractivity contribution >= 4 is 0 Å². The van der Waals surface area contributed by atoms with Gasteiger partial charge < -0.3 is 5.11 Å². The summed E-state index contributed by atoms with van der Waals surface area (Å²) >= 11 is 0. The molecular weight excluding hydrogens is 166 g/mol. The van der Waals surface area contributed by atoms with Crippen LogP contribution in [-0.4, -0.2) is 20.5 Å². The van der Waals surface area contributed by atoms with Gasteiger partial charge in [-0.05, 0) is 17.7 Å². The van der Waals surface area contributed by atoms with E-state index < -0.39 is 0 Å². The molecule has 0 saturated heterocycles. The zero-order chi connectivity index (χ0) is 9.10. The Bertz CT molecular complexity index is 366. The molecular formula is C9H9N3O. The van der Waals surface area contributed by atoms with E-state index in [1.165, 1.54) is 0 Å². The summed E-state index contributed by atoms with van der Waals surface area (Å²) in [4.78, 5) is 0. The Morgan fingerprint density at radius 1 is 1.23 bits per heavy atom. The van der Waals surface area contributed by atoms with E-state index in [9.17, 15) is 0 Å². The van der Waals surface area contributed by atoms with Gasteiger partial charge in [0.05, 0.1) is 11.9 Å². The zero-order valence-electron chi connectivity index (χ0n) is 6.94. The van der Waals surface area contributed by atoms with E-state index >= 15 is 0 Å². The van der Waals surface area contributed by atoms with E-state index in [1.807, 2.05) is 12.1 Å². The molecule has 2 aromatic rings. The van der Waals surface area contributed by atoms with Crippen LogP contribution in [0.4, 0.5) is 0 Å². The van der Waals surface area contributed by atoms with Crippen LogP contribution in [0, 0.1) is 0 Å². The third kappa shape index (κ3) is 1.84. The minimum absolute atomic E-state index is 0.281. The number of nitrogens with zero attached hydrogens (tertiary/aromatic N) is 2. The van der Waals surface area contributed by atoms with Crippen molar-refractivity contribution in [2.24, 2.45) is 0 Å². The smallest absolute Gasteiger partial charge is 0.115 e. The van der Waals surface area contributed by atoms with Crippen LogP contribution in [0.1, 0.15) is 11.3 Å². The molecule has 0 atom stereocenters. The first-order chi connectivity index (χ1) is 6.34. The number of aromatic amines is 1. The molecule has 13 heavy (non-hydrogen) atoms. The van der Waals surface area contributed by atoms with Gasteiger partial charge in [0, 0.05) is 6.42 Å². The van der Waals surface area contributed by atoms with E-state index in [0.29, 0.717) is 0 Å². The molecule has 0 aliphatic carbocycles. The molecule has 2 N–H and O–H groups in total. The highest BCUT2D eigenvalue weighted by atomic mass is 16.3. The first-order valence-electron chi connectivity index (χ1n) is 3.97. The molecule has 0 fully saturated rings. The number of H-pyrrole nitrogens is 1. The van der Waals surface area contributed by atoms with Gasteiger partial charge in [-0.25, -0.2) is 0 Å². The minimum atomic E-state index is 0.281. The van der Waals surface area contributed by atoms with Crippen molar-refractivity contribution in [3.8, 4) is 5.75 Å². The summed E-state index contributed by atoms with van der Waals surface area (Å²) in [6.07, 6.45) is 2.42. The largest absolute Gasteiger partial charge is 0.508 e. The lowest BCUT2D eigenvalue weighted by atomic mass is 10.1. The van der Waals surface area contributed by atoms with Gasteiger partial charge in [0.1, 0.15) is 5.75 Å². The average Bonchev–Trinajstić information content (AvgIpc) is 2.62. The SMILES string of the molecule is Oc1ccc(Cc2cn[nH]n2)cc1. The van der Waals surface area contributed by atoms with Crippen LogP contribution in [0.3, 0.4) is 0 Å². The Kier molecular flexibility index (Phi) is 1.96. The van der Waals surface area contributed by atoms with Gasteiger partial charge in [-0.2, -0.15) is 15.4 Å². The van der Waals surface area contributed by atoms with Gasteiger partial charge in [-0.15, -0.1) is 0 Å². The molecule has 0 bridgehead atoms. The van der Waals surface area contributed by atoms with Crippen molar-refractivity contribution < 1.29 is 5.11 Å². The van der Waals surface area contributed by atoms with Crippen LogP contribution in [0.15, 0.2) is 30.5 Å². The second kappa shape index (κ2) is 3.26. The fourth-order valence-corrected chi connectivity index (χ4v) is 1.13. The molecule has 66 valence electrons. The Balaban J connectivity index is 2.15. The highest BCUT2D eigenvalue weighted by Gasteiger charge is 1.98. The summed E-state index contributed by atoms with van der Waals surface area (Å²) in [5, 5.41) is 19.2. The highest BCUT2D eigenvalue weighted by Crippen LogP contribution is 2.11. The van der Waals surface area contributed by atoms with Crippen LogP contribution in [-0.2, 0) is 6.42 Å². The number of aromatic hydroxyl groups is 1. The van der Waals surface area contributed by atoms with Crippen LogP contribution < -0.4 is 0 Å². The monoisotopic (exact) mass is 175 g/mol. The fourth-order valence-electron chi connectivity index (χ4n) is 1.13. The maximum Gasteiger partial charge on any atom is 0.115 e. The molecule has 1 heterocycles. The van der Waals surface area contributed by atoms with Crippen LogP contribution in [0.25, 0.3) is 0 Å². The zero-order valence-corrected chi connectivity index (χ0v) is 6.94. The summed E-state index contributed by atoms with van der Waals surface area (Å²) in [5.41, 5.74) is 2.00. The lowest BCUT2D eigenvalue weighted by molar-refractivity contribution is 0.475. The van der Waals surface area contributed by atoms with E-state index in [0.717, 1.165) is 17.7 Å². The molecule has 4 nitrogen and oxygen atoms in total. The van der Waals surface area contributed by atoms with Gasteiger partial charge in [0.25, 0.3) is 0 Å². The Morgan fingerprint density at radius 3 is 2.62 bits per heavy atom. The second-order valence-corrected chi connectivity index (χ2v) is 2.80. The number of phenolic OH excluding ortho intramolecular Hbond substituents is 1. The molecule has 0 aliphatic rings. The fraction of sp³-hybridized carbons (Fsp3) is 0.111. The van der Waals surface area contributed by atoms with Crippen molar-refractivity contribution in [2.45, 2.75) is 6.42 Å². The van der Waals surface area contributed by atoms with E-state index in [1.54, 1.807) is 18.3 Å². The summed E-state index contributed by atoms with van der Waals surface area (Å²) < 4.78 is 0. The summed E-state index contributed by atoms with van der Waals surface area (Å²) in [5.74, 6) is 0.281. The molecule has 0 radical (unpaired) electrons. The lowest BCUT2D eigenvalue weighted by Crippen LogP contribution is -1.87. The minimum Gasteiger partial charge on any atom is -0.508 e. The predicted octanol–water partition coefficient (Wildman–Crippen LogP) is 1.10. The molecule has 2 rings (SSSR count). The normalized spacial score (nSPS) is 10.2. The highest BCUT2D eigenvalue weighted by molar-refractivity contribution is 5.28. The number of benzene rings is 1. The Hall–Kier alpha value is -1.84. The number of aromatic nitrogens is 3. The third-order valence-corrected chi connectivity index (χ3v) is 1.79. The number of nitrogens with one attached hydrogen (secondary N) is 1. The van der Waals surface area contributed by atoms with Crippen molar-refractivity contribution in [1.29, 1.82) is 0 Å². The molecule has 0 unspecified atom stereocenters. The number of hydrogen-bond acceptors (Lipinski definition) is 3. The standard InChI is InChI=1S/C9H9N3O/c13-9-3-1-7(2-4-9)5-8-6-10-12-11-8/h1-4,6,13H,5H2,(H,10,11,12). The summed E-state index contributed by atoms with van der Waals surface area (Å²) in [6.45, 7) is 0. The Morgan fingerprint density at radius 2 is 2.00 bits per heavy atom. The molecule has 0 spiro atoms. The maximum atomic E-state index is 9.05. The Labute approximate surface area is 75.2 Å². The van der Waals surface area contributed by atoms with Crippen LogP contribution >= 0.6 is 0 Å². The van der Waals surface area contributed by atoms with Gasteiger partial charge in [0.15, 0.2) is 0 Å². The van der Waals surface area contributed by atoms with E-state index in [-0.39, 0.29) is 5.75 Å². The molecule has 0 saturated carbocycles. The van der Waals surface area contributed by atoms with Crippen LogP contribution in [0.2, 0.25) is 0 Å². The molecule has 0 amide bonds. The maximum absolute atomic E-state index is 9.05. The quantitative estimate of drug-likeness (QED) is 0.718. The lowest BCUT2D eigenvalue weighted by Gasteiger charge is -1.96. The molecule has 0 aliphatic heterocycles. The van der Waals surface area contributed by atoms with Crippen molar-refractivity contribution in [2.75, 3.05) is 0 Å². The topological polar surface area (TPSA) is 61.8 Å².